The van der Waals surface area contributed by atoms with Crippen LogP contribution in [0.1, 0.15) is 11.3 Å². The molecule has 0 spiro atoms. The highest BCUT2D eigenvalue weighted by Gasteiger charge is 1.98. The molecule has 0 unspecified atom stereocenters. The van der Waals surface area contributed by atoms with Crippen LogP contribution in [0, 0.1) is 6.92 Å². The first-order valence-corrected chi connectivity index (χ1v) is 8.17. The molecule has 1 aromatic heterocycles. The molecule has 0 saturated heterocycles. The van der Waals surface area contributed by atoms with Gasteiger partial charge in [-0.05, 0) is 36.8 Å². The molecular weight excluding hydrogens is 282 g/mol. The molecular formula is C20H23N3. The Hall–Kier alpha value is -2.39. The summed E-state index contributed by atoms with van der Waals surface area (Å²) in [5.41, 5.74) is 4.68. The number of para-hydroxylation sites is 1. The van der Waals surface area contributed by atoms with Crippen LogP contribution in [0.3, 0.4) is 0 Å². The average molecular weight is 305 g/mol. The van der Waals surface area contributed by atoms with Gasteiger partial charge >= 0.3 is 0 Å². The fourth-order valence-electron chi connectivity index (χ4n) is 2.64. The number of nitrogens with one attached hydrogen (secondary N) is 2. The van der Waals surface area contributed by atoms with E-state index >= 15 is 0 Å². The molecule has 3 rings (SSSR count). The quantitative estimate of drug-likeness (QED) is 0.652. The molecule has 0 fully saturated rings. The molecule has 23 heavy (non-hydrogen) atoms. The van der Waals surface area contributed by atoms with E-state index in [0.717, 1.165) is 37.3 Å². The smallest absolute Gasteiger partial charge is 0.0705 e. The van der Waals surface area contributed by atoms with Crippen molar-refractivity contribution in [3.63, 3.8) is 0 Å². The van der Waals surface area contributed by atoms with E-state index in [1.54, 1.807) is 0 Å². The van der Waals surface area contributed by atoms with Gasteiger partial charge < -0.3 is 10.6 Å². The molecule has 0 bridgehead atoms. The molecule has 0 aliphatic carbocycles. The van der Waals surface area contributed by atoms with Crippen LogP contribution in [0.4, 0.5) is 5.69 Å². The fourth-order valence-corrected chi connectivity index (χ4v) is 2.64. The van der Waals surface area contributed by atoms with Crippen molar-refractivity contribution in [1.29, 1.82) is 0 Å². The van der Waals surface area contributed by atoms with E-state index in [9.17, 15) is 0 Å². The van der Waals surface area contributed by atoms with Crippen LogP contribution in [0.2, 0.25) is 0 Å². The number of benzene rings is 2. The van der Waals surface area contributed by atoms with Crippen LogP contribution < -0.4 is 10.6 Å². The molecule has 0 saturated carbocycles. The molecule has 1 heterocycles. The van der Waals surface area contributed by atoms with Crippen LogP contribution in [0.5, 0.6) is 0 Å². The van der Waals surface area contributed by atoms with Crippen LogP contribution in [0.25, 0.3) is 10.9 Å². The maximum Gasteiger partial charge on any atom is 0.0705 e. The molecule has 0 amide bonds. The first-order chi connectivity index (χ1) is 11.3. The van der Waals surface area contributed by atoms with Crippen LogP contribution in [0.15, 0.2) is 60.7 Å². The lowest BCUT2D eigenvalue weighted by molar-refractivity contribution is 0.693. The Morgan fingerprint density at radius 2 is 1.78 bits per heavy atom. The van der Waals surface area contributed by atoms with Gasteiger partial charge in [0.05, 0.1) is 5.52 Å². The number of anilines is 1. The van der Waals surface area contributed by atoms with E-state index < -0.39 is 0 Å². The fraction of sp³-hybridized carbons (Fsp3) is 0.250. The molecule has 0 aliphatic rings. The van der Waals surface area contributed by atoms with Gasteiger partial charge in [0.25, 0.3) is 0 Å². The van der Waals surface area contributed by atoms with Crippen molar-refractivity contribution < 1.29 is 0 Å². The minimum absolute atomic E-state index is 0.925. The van der Waals surface area contributed by atoms with Gasteiger partial charge in [0.2, 0.25) is 0 Å². The highest BCUT2D eigenvalue weighted by Crippen LogP contribution is 2.12. The molecule has 0 aliphatic heterocycles. The summed E-state index contributed by atoms with van der Waals surface area (Å²) in [6.07, 6.45) is 0.954. The molecule has 2 N–H and O–H groups in total. The average Bonchev–Trinajstić information content (AvgIpc) is 2.58. The Morgan fingerprint density at radius 1 is 0.870 bits per heavy atom. The summed E-state index contributed by atoms with van der Waals surface area (Å²) < 4.78 is 0. The minimum atomic E-state index is 0.925. The van der Waals surface area contributed by atoms with Crippen molar-refractivity contribution in [2.75, 3.05) is 25.0 Å². The summed E-state index contributed by atoms with van der Waals surface area (Å²) in [5, 5.41) is 8.10. The molecule has 3 heteroatoms. The van der Waals surface area contributed by atoms with Crippen LogP contribution >= 0.6 is 0 Å². The molecule has 3 aromatic rings. The van der Waals surface area contributed by atoms with E-state index in [-0.39, 0.29) is 0 Å². The van der Waals surface area contributed by atoms with Gasteiger partial charge in [-0.15, -0.1) is 0 Å². The number of hydrogen-bond donors (Lipinski definition) is 2. The lowest BCUT2D eigenvalue weighted by Crippen LogP contribution is -2.24. The van der Waals surface area contributed by atoms with Gasteiger partial charge in [-0.3, -0.25) is 4.98 Å². The second kappa shape index (κ2) is 7.75. The maximum atomic E-state index is 4.69. The maximum absolute atomic E-state index is 4.69. The van der Waals surface area contributed by atoms with Gasteiger partial charge in [-0.25, -0.2) is 0 Å². The highest BCUT2D eigenvalue weighted by molar-refractivity contribution is 5.78. The molecule has 0 radical (unpaired) electrons. The highest BCUT2D eigenvalue weighted by atomic mass is 14.9. The second-order valence-corrected chi connectivity index (χ2v) is 5.79. The largest absolute Gasteiger partial charge is 0.384 e. The van der Waals surface area contributed by atoms with Crippen molar-refractivity contribution in [3.8, 4) is 0 Å². The lowest BCUT2D eigenvalue weighted by atomic mass is 10.2. The van der Waals surface area contributed by atoms with Gasteiger partial charge in [-0.2, -0.15) is 0 Å². The first kappa shape index (κ1) is 15.5. The normalized spacial score (nSPS) is 10.8. The topological polar surface area (TPSA) is 37.0 Å². The Bertz CT molecular complexity index is 767. The third-order valence-electron chi connectivity index (χ3n) is 3.86. The van der Waals surface area contributed by atoms with Gasteiger partial charge in [-0.1, -0.05) is 36.4 Å². The number of rotatable bonds is 7. The van der Waals surface area contributed by atoms with Crippen LogP contribution in [-0.2, 0) is 6.42 Å². The van der Waals surface area contributed by atoms with E-state index in [1.165, 1.54) is 16.6 Å². The first-order valence-electron chi connectivity index (χ1n) is 8.17. The molecule has 0 atom stereocenters. The third kappa shape index (κ3) is 4.54. The Kier molecular flexibility index (Phi) is 5.22. The van der Waals surface area contributed by atoms with Crippen molar-refractivity contribution in [2.45, 2.75) is 13.3 Å². The lowest BCUT2D eigenvalue weighted by Gasteiger charge is -2.08. The zero-order valence-electron chi connectivity index (χ0n) is 13.5. The number of aromatic nitrogens is 1. The zero-order chi connectivity index (χ0) is 15.9. The standard InChI is InChI=1S/C20H23N3/c1-16-5-4-7-19(15-16)22-14-13-21-12-11-18-10-9-17-6-2-3-8-20(17)23-18/h2-10,15,21-22H,11-14H2,1H3. The molecule has 118 valence electrons. The van der Waals surface area contributed by atoms with E-state index in [0.29, 0.717) is 0 Å². The number of aryl methyl sites for hydroxylation is 1. The van der Waals surface area contributed by atoms with Crippen molar-refractivity contribution in [2.24, 2.45) is 0 Å². The van der Waals surface area contributed by atoms with Gasteiger partial charge in [0.1, 0.15) is 0 Å². The van der Waals surface area contributed by atoms with Crippen LogP contribution in [-0.4, -0.2) is 24.6 Å². The Balaban J connectivity index is 1.39. The van der Waals surface area contributed by atoms with Gasteiger partial charge in [0.15, 0.2) is 0 Å². The number of fused-ring (bicyclic) bond motifs is 1. The number of pyridine rings is 1. The van der Waals surface area contributed by atoms with E-state index in [1.807, 2.05) is 12.1 Å². The summed E-state index contributed by atoms with van der Waals surface area (Å²) >= 11 is 0. The second-order valence-electron chi connectivity index (χ2n) is 5.79. The minimum Gasteiger partial charge on any atom is -0.384 e. The summed E-state index contributed by atoms with van der Waals surface area (Å²) in [6, 6.07) is 21.0. The zero-order valence-corrected chi connectivity index (χ0v) is 13.5. The van der Waals surface area contributed by atoms with Gasteiger partial charge in [0, 0.05) is 42.8 Å². The van der Waals surface area contributed by atoms with Crippen molar-refractivity contribution in [3.05, 3.63) is 71.9 Å². The molecule has 2 aromatic carbocycles. The Labute approximate surface area is 137 Å². The summed E-state index contributed by atoms with van der Waals surface area (Å²) in [4.78, 5) is 4.69. The summed E-state index contributed by atoms with van der Waals surface area (Å²) in [6.45, 7) is 4.93. The van der Waals surface area contributed by atoms with E-state index in [4.69, 9.17) is 4.98 Å². The third-order valence-corrected chi connectivity index (χ3v) is 3.86. The summed E-state index contributed by atoms with van der Waals surface area (Å²) in [5.74, 6) is 0. The van der Waals surface area contributed by atoms with E-state index in [2.05, 4.69) is 66.1 Å². The SMILES string of the molecule is Cc1cccc(NCCNCCc2ccc3ccccc3n2)c1. The Morgan fingerprint density at radius 3 is 2.70 bits per heavy atom. The number of nitrogens with zero attached hydrogens (tertiary/aromatic N) is 1. The van der Waals surface area contributed by atoms with Crippen molar-refractivity contribution >= 4 is 16.6 Å². The number of hydrogen-bond acceptors (Lipinski definition) is 3. The monoisotopic (exact) mass is 305 g/mol. The van der Waals surface area contributed by atoms with Crippen molar-refractivity contribution in [1.82, 2.24) is 10.3 Å². The molecule has 3 nitrogen and oxygen atoms in total. The predicted octanol–water partition coefficient (Wildman–Crippen LogP) is 3.79. The predicted molar refractivity (Wildman–Crippen MR) is 98.0 cm³/mol. The summed E-state index contributed by atoms with van der Waals surface area (Å²) in [7, 11) is 0.